The summed E-state index contributed by atoms with van der Waals surface area (Å²) in [6.45, 7) is 9.63. The second kappa shape index (κ2) is 9.02. The van der Waals surface area contributed by atoms with E-state index in [0.717, 1.165) is 44.9 Å². The van der Waals surface area contributed by atoms with Gasteiger partial charge in [-0.1, -0.05) is 12.1 Å². The Labute approximate surface area is 200 Å². The summed E-state index contributed by atoms with van der Waals surface area (Å²) in [6, 6.07) is 20.1. The van der Waals surface area contributed by atoms with Crippen LogP contribution in [0.2, 0.25) is 0 Å². The van der Waals surface area contributed by atoms with Gasteiger partial charge in [-0.05, 0) is 98.8 Å². The molecule has 0 aromatic heterocycles. The van der Waals surface area contributed by atoms with Crippen LogP contribution < -0.4 is 9.64 Å². The summed E-state index contributed by atoms with van der Waals surface area (Å²) < 4.78 is 5.94. The van der Waals surface area contributed by atoms with Crippen molar-refractivity contribution in [1.29, 1.82) is 0 Å². The highest BCUT2D eigenvalue weighted by Gasteiger charge is 2.19. The van der Waals surface area contributed by atoms with Gasteiger partial charge in [-0.3, -0.25) is 0 Å². The number of ether oxygens (including phenoxy) is 1. The average Bonchev–Trinajstić information content (AvgIpc) is 2.76. The molecule has 5 heteroatoms. The lowest BCUT2D eigenvalue weighted by molar-refractivity contribution is 0.454. The van der Waals surface area contributed by atoms with Gasteiger partial charge in [-0.25, -0.2) is 0 Å². The zero-order chi connectivity index (χ0) is 24.6. The standard InChI is InChI=1S/C29H29NO4/c1-17-10-23(31)14-25(11-17)34-24-8-6-22(7-9-24)30(26-15-28(32)20(4)12-18(26)2)27-16-29(33)21(5)13-19(27)3/h6-16,31-33H,1-5H3. The number of phenolic OH excluding ortho intramolecular Hbond substituents is 3. The van der Waals surface area contributed by atoms with Crippen molar-refractivity contribution in [3.63, 3.8) is 0 Å². The summed E-state index contributed by atoms with van der Waals surface area (Å²) in [6.07, 6.45) is 0. The molecular formula is C29H29NO4. The lowest BCUT2D eigenvalue weighted by Gasteiger charge is -2.29. The Morgan fingerprint density at radius 2 is 1.09 bits per heavy atom. The molecule has 0 fully saturated rings. The van der Waals surface area contributed by atoms with Crippen LogP contribution in [0.15, 0.2) is 66.7 Å². The van der Waals surface area contributed by atoms with Crippen molar-refractivity contribution in [1.82, 2.24) is 0 Å². The molecule has 0 spiro atoms. The molecule has 0 aliphatic carbocycles. The van der Waals surface area contributed by atoms with Crippen LogP contribution >= 0.6 is 0 Å². The first-order valence-electron chi connectivity index (χ1n) is 11.1. The fourth-order valence-corrected chi connectivity index (χ4v) is 4.14. The second-order valence-corrected chi connectivity index (χ2v) is 8.79. The van der Waals surface area contributed by atoms with Gasteiger partial charge < -0.3 is 25.0 Å². The number of phenols is 3. The molecule has 4 aromatic rings. The van der Waals surface area contributed by atoms with Crippen LogP contribution in [-0.2, 0) is 0 Å². The Hall–Kier alpha value is -4.12. The number of aromatic hydroxyl groups is 3. The molecule has 0 saturated carbocycles. The first-order chi connectivity index (χ1) is 16.1. The fourth-order valence-electron chi connectivity index (χ4n) is 4.14. The Bertz CT molecular complexity index is 1280. The van der Waals surface area contributed by atoms with Crippen molar-refractivity contribution < 1.29 is 20.1 Å². The minimum Gasteiger partial charge on any atom is -0.508 e. The Morgan fingerprint density at radius 3 is 1.59 bits per heavy atom. The molecular weight excluding hydrogens is 426 g/mol. The van der Waals surface area contributed by atoms with Gasteiger partial charge in [-0.2, -0.15) is 0 Å². The van der Waals surface area contributed by atoms with E-state index in [0.29, 0.717) is 11.5 Å². The van der Waals surface area contributed by atoms with Gasteiger partial charge in [0.1, 0.15) is 28.7 Å². The van der Waals surface area contributed by atoms with E-state index in [1.807, 2.05) is 82.0 Å². The van der Waals surface area contributed by atoms with E-state index < -0.39 is 0 Å². The van der Waals surface area contributed by atoms with Crippen molar-refractivity contribution in [3.8, 4) is 28.7 Å². The third kappa shape index (κ3) is 4.64. The van der Waals surface area contributed by atoms with E-state index in [-0.39, 0.29) is 17.2 Å². The predicted molar refractivity (Wildman–Crippen MR) is 136 cm³/mol. The topological polar surface area (TPSA) is 73.2 Å². The number of rotatable bonds is 5. The summed E-state index contributed by atoms with van der Waals surface area (Å²) in [5, 5.41) is 30.8. The van der Waals surface area contributed by atoms with E-state index in [2.05, 4.69) is 0 Å². The number of hydrogen-bond donors (Lipinski definition) is 3. The third-order valence-corrected chi connectivity index (χ3v) is 5.88. The highest BCUT2D eigenvalue weighted by Crippen LogP contribution is 2.43. The van der Waals surface area contributed by atoms with E-state index in [1.165, 1.54) is 0 Å². The number of anilines is 3. The van der Waals surface area contributed by atoms with Gasteiger partial charge in [0.2, 0.25) is 0 Å². The smallest absolute Gasteiger partial charge is 0.131 e. The molecule has 0 heterocycles. The Balaban J connectivity index is 1.80. The minimum absolute atomic E-state index is 0.155. The molecule has 0 atom stereocenters. The van der Waals surface area contributed by atoms with E-state index >= 15 is 0 Å². The summed E-state index contributed by atoms with van der Waals surface area (Å²) in [5.41, 5.74) is 6.96. The molecule has 4 rings (SSSR count). The second-order valence-electron chi connectivity index (χ2n) is 8.79. The average molecular weight is 456 g/mol. The van der Waals surface area contributed by atoms with Crippen LogP contribution in [-0.4, -0.2) is 15.3 Å². The molecule has 0 unspecified atom stereocenters. The van der Waals surface area contributed by atoms with E-state index in [9.17, 15) is 15.3 Å². The summed E-state index contributed by atoms with van der Waals surface area (Å²) in [4.78, 5) is 2.02. The molecule has 34 heavy (non-hydrogen) atoms. The molecule has 5 nitrogen and oxygen atoms in total. The number of nitrogens with zero attached hydrogens (tertiary/aromatic N) is 1. The molecule has 4 aromatic carbocycles. The SMILES string of the molecule is Cc1cc(O)cc(Oc2ccc(N(c3cc(O)c(C)cc3C)c3cc(O)c(C)cc3C)cc2)c1. The lowest BCUT2D eigenvalue weighted by atomic mass is 10.0. The van der Waals surface area contributed by atoms with E-state index in [4.69, 9.17) is 4.74 Å². The van der Waals surface area contributed by atoms with Crippen LogP contribution in [0, 0.1) is 34.6 Å². The molecule has 0 amide bonds. The van der Waals surface area contributed by atoms with Crippen molar-refractivity contribution >= 4 is 17.1 Å². The number of aryl methyl sites for hydroxylation is 5. The van der Waals surface area contributed by atoms with Crippen LogP contribution in [0.3, 0.4) is 0 Å². The number of hydrogen-bond acceptors (Lipinski definition) is 5. The maximum atomic E-state index is 10.5. The molecule has 0 aliphatic heterocycles. The van der Waals surface area contributed by atoms with Crippen LogP contribution in [0.1, 0.15) is 27.8 Å². The third-order valence-electron chi connectivity index (χ3n) is 5.88. The molecule has 0 radical (unpaired) electrons. The van der Waals surface area contributed by atoms with E-state index in [1.54, 1.807) is 24.3 Å². The first-order valence-corrected chi connectivity index (χ1v) is 11.1. The minimum atomic E-state index is 0.155. The zero-order valence-corrected chi connectivity index (χ0v) is 20.0. The zero-order valence-electron chi connectivity index (χ0n) is 20.0. The Kier molecular flexibility index (Phi) is 6.12. The summed E-state index contributed by atoms with van der Waals surface area (Å²) >= 11 is 0. The van der Waals surface area contributed by atoms with Gasteiger partial charge in [-0.15, -0.1) is 0 Å². The lowest BCUT2D eigenvalue weighted by Crippen LogP contribution is -2.13. The van der Waals surface area contributed by atoms with Gasteiger partial charge in [0.15, 0.2) is 0 Å². The van der Waals surface area contributed by atoms with Crippen LogP contribution in [0.4, 0.5) is 17.1 Å². The fraction of sp³-hybridized carbons (Fsp3) is 0.172. The van der Waals surface area contributed by atoms with Gasteiger partial charge >= 0.3 is 0 Å². The Morgan fingerprint density at radius 1 is 0.559 bits per heavy atom. The maximum Gasteiger partial charge on any atom is 0.131 e. The van der Waals surface area contributed by atoms with Gasteiger partial charge in [0, 0.05) is 23.9 Å². The van der Waals surface area contributed by atoms with Crippen molar-refractivity contribution in [2.45, 2.75) is 34.6 Å². The highest BCUT2D eigenvalue weighted by atomic mass is 16.5. The largest absolute Gasteiger partial charge is 0.508 e. The van der Waals surface area contributed by atoms with Gasteiger partial charge in [0.05, 0.1) is 11.4 Å². The van der Waals surface area contributed by atoms with Crippen LogP contribution in [0.5, 0.6) is 28.7 Å². The first kappa shape index (κ1) is 23.1. The monoisotopic (exact) mass is 455 g/mol. The van der Waals surface area contributed by atoms with Crippen molar-refractivity contribution in [2.24, 2.45) is 0 Å². The van der Waals surface area contributed by atoms with Crippen LogP contribution in [0.25, 0.3) is 0 Å². The normalized spacial score (nSPS) is 10.9. The molecule has 174 valence electrons. The predicted octanol–water partition coefficient (Wildman–Crippen LogP) is 7.61. The van der Waals surface area contributed by atoms with Crippen molar-refractivity contribution in [2.75, 3.05) is 4.90 Å². The molecule has 0 aliphatic rings. The quantitative estimate of drug-likeness (QED) is 0.289. The van der Waals surface area contributed by atoms with Crippen molar-refractivity contribution in [3.05, 3.63) is 94.5 Å². The van der Waals surface area contributed by atoms with Gasteiger partial charge in [0.25, 0.3) is 0 Å². The molecule has 0 bridgehead atoms. The summed E-state index contributed by atoms with van der Waals surface area (Å²) in [7, 11) is 0. The molecule has 3 N–H and O–H groups in total. The highest BCUT2D eigenvalue weighted by molar-refractivity contribution is 5.82. The molecule has 0 saturated heterocycles. The summed E-state index contributed by atoms with van der Waals surface area (Å²) in [5.74, 6) is 1.75. The number of benzene rings is 4. The maximum absolute atomic E-state index is 10.5.